The second-order valence-electron chi connectivity index (χ2n) is 0.158. The average molecular weight is 298 g/mol. The summed E-state index contributed by atoms with van der Waals surface area (Å²) < 4.78 is 0. The molecule has 0 saturated heterocycles. The number of hydrogen-bond donors (Lipinski definition) is 1. The first-order valence-corrected chi connectivity index (χ1v) is 1.62. The fraction of sp³-hybridized carbons (Fsp3) is 0. The predicted octanol–water partition coefficient (Wildman–Crippen LogP) is 1.49. The Morgan fingerprint density at radius 2 is 1.75 bits per heavy atom. The van der Waals surface area contributed by atoms with Crippen molar-refractivity contribution in [2.75, 3.05) is 0 Å². The van der Waals surface area contributed by atoms with E-state index >= 15 is 0 Å². The molecule has 0 aliphatic carbocycles. The van der Waals surface area contributed by atoms with Crippen LogP contribution in [0.2, 0.25) is 0 Å². The molecule has 3 heteroatoms. The van der Waals surface area contributed by atoms with E-state index in [-0.39, 0.29) is 31.1 Å². The van der Waals surface area contributed by atoms with Crippen molar-refractivity contribution in [3.63, 3.8) is 0 Å². The predicted molar refractivity (Wildman–Crippen MR) is 15.0 cm³/mol. The first-order chi connectivity index (χ1) is 1.41. The molecule has 0 aromatic rings. The van der Waals surface area contributed by atoms with E-state index in [0.29, 0.717) is 8.37 Å². The molecule has 0 aromatic carbocycles. The van der Waals surface area contributed by atoms with Gasteiger partial charge in [0.05, 0.1) is 0 Å². The van der Waals surface area contributed by atoms with Crippen molar-refractivity contribution in [2.45, 2.75) is 0 Å². The Morgan fingerprint density at radius 3 is 1.75 bits per heavy atom. The number of nitrogens with one attached hydrogen (secondary N) is 1. The SMILES string of the molecule is [CH2-]P=N.[U]. The van der Waals surface area contributed by atoms with Gasteiger partial charge in [0.1, 0.15) is 0 Å². The van der Waals surface area contributed by atoms with Gasteiger partial charge in [0.15, 0.2) is 0 Å². The molecule has 0 heterocycles. The fourth-order valence-electron chi connectivity index (χ4n) is 0. The van der Waals surface area contributed by atoms with Gasteiger partial charge in [-0.2, -0.15) is 8.37 Å². The summed E-state index contributed by atoms with van der Waals surface area (Å²) in [5, 5.41) is 6.07. The molecule has 0 saturated carbocycles. The van der Waals surface area contributed by atoms with Crippen LogP contribution in [0, 0.1) is 42.9 Å². The van der Waals surface area contributed by atoms with Crippen LogP contribution in [0.1, 0.15) is 0 Å². The first-order valence-electron chi connectivity index (χ1n) is 0.540. The summed E-state index contributed by atoms with van der Waals surface area (Å²) in [5.74, 6) is 0. The van der Waals surface area contributed by atoms with Crippen molar-refractivity contribution >= 4 is 8.37 Å². The molecule has 1 N–H and O–H groups in total. The molecule has 0 unspecified atom stereocenters. The van der Waals surface area contributed by atoms with Gasteiger partial charge >= 0.3 is 0 Å². The molecule has 0 bridgehead atoms. The molecular weight excluding hydrogens is 295 g/mol. The van der Waals surface area contributed by atoms with Gasteiger partial charge in [-0.25, -0.2) is 0 Å². The fourth-order valence-corrected chi connectivity index (χ4v) is 0. The summed E-state index contributed by atoms with van der Waals surface area (Å²) in [6, 6.07) is 0. The molecule has 0 fully saturated rings. The Kier molecular flexibility index (Phi) is 19.9. The molecule has 0 radical (unpaired) electrons. The third kappa shape index (κ3) is 11.0. The van der Waals surface area contributed by atoms with Crippen molar-refractivity contribution < 1.29 is 31.1 Å². The van der Waals surface area contributed by atoms with E-state index in [1.165, 1.54) is 0 Å². The van der Waals surface area contributed by atoms with E-state index in [2.05, 4.69) is 6.66 Å². The quantitative estimate of drug-likeness (QED) is 0.517. The van der Waals surface area contributed by atoms with E-state index in [1.54, 1.807) is 0 Å². The second-order valence-corrected chi connectivity index (χ2v) is 0.474. The van der Waals surface area contributed by atoms with E-state index < -0.39 is 0 Å². The van der Waals surface area contributed by atoms with Gasteiger partial charge in [0.2, 0.25) is 0 Å². The van der Waals surface area contributed by atoms with Crippen LogP contribution < -0.4 is 0 Å². The maximum absolute atomic E-state index is 6.07. The topological polar surface area (TPSA) is 23.9 Å². The largest absolute Gasteiger partial charge is 0.320 e. The Balaban J connectivity index is 0. The van der Waals surface area contributed by atoms with E-state index in [0.717, 1.165) is 0 Å². The summed E-state index contributed by atoms with van der Waals surface area (Å²) in [7, 11) is 0.417. The van der Waals surface area contributed by atoms with Crippen LogP contribution in [0.3, 0.4) is 0 Å². The molecular formula is CH3NPU-. The standard InChI is InChI=1S/CH3NP.U/c1-3-2;/h2H,1H2;/q-1;. The van der Waals surface area contributed by atoms with Crippen molar-refractivity contribution in [2.24, 2.45) is 0 Å². The number of rotatable bonds is 0. The Bertz CT molecular complexity index is 15.5. The normalized spacial score (nSPS) is 5.25. The van der Waals surface area contributed by atoms with Crippen LogP contribution in [-0.4, -0.2) is 0 Å². The van der Waals surface area contributed by atoms with Crippen LogP contribution in [0.5, 0.6) is 0 Å². The Labute approximate surface area is 51.2 Å². The maximum atomic E-state index is 6.07. The van der Waals surface area contributed by atoms with Gasteiger partial charge in [-0.15, -0.1) is 0 Å². The molecule has 4 heavy (non-hydrogen) atoms. The van der Waals surface area contributed by atoms with Crippen LogP contribution in [0.4, 0.5) is 0 Å². The average Bonchev–Trinajstić information content (AvgIpc) is 0.918. The summed E-state index contributed by atoms with van der Waals surface area (Å²) in [6.07, 6.45) is 0. The Morgan fingerprint density at radius 1 is 1.75 bits per heavy atom. The molecule has 0 spiro atoms. The molecule has 0 aliphatic rings. The van der Waals surface area contributed by atoms with Crippen molar-refractivity contribution in [3.8, 4) is 0 Å². The van der Waals surface area contributed by atoms with Gasteiger partial charge in [-0.05, 0) is 0 Å². The van der Waals surface area contributed by atoms with Gasteiger partial charge < -0.3 is 5.16 Å². The Hall–Kier alpha value is 1.15. The second kappa shape index (κ2) is 8.91. The molecule has 1 nitrogen and oxygen atoms in total. The minimum Gasteiger partial charge on any atom is -0.320 e. The van der Waals surface area contributed by atoms with Crippen molar-refractivity contribution in [3.05, 3.63) is 6.66 Å². The van der Waals surface area contributed by atoms with Crippen LogP contribution in [0.15, 0.2) is 0 Å². The zero-order chi connectivity index (χ0) is 2.71. The minimum absolute atomic E-state index is 0. The van der Waals surface area contributed by atoms with Gasteiger partial charge in [0, 0.05) is 31.1 Å². The van der Waals surface area contributed by atoms with Gasteiger partial charge in [-0.1, -0.05) is 0 Å². The van der Waals surface area contributed by atoms with Crippen molar-refractivity contribution in [1.82, 2.24) is 0 Å². The van der Waals surface area contributed by atoms with Gasteiger partial charge in [-0.3, -0.25) is 6.66 Å². The van der Waals surface area contributed by atoms with E-state index in [4.69, 9.17) is 5.16 Å². The van der Waals surface area contributed by atoms with Gasteiger partial charge in [0.25, 0.3) is 0 Å². The molecule has 0 rings (SSSR count). The third-order valence-corrected chi connectivity index (χ3v) is 0. The van der Waals surface area contributed by atoms with Crippen LogP contribution in [0.25, 0.3) is 0 Å². The summed E-state index contributed by atoms with van der Waals surface area (Å²) >= 11 is 0. The van der Waals surface area contributed by atoms with Crippen LogP contribution in [-0.2, 0) is 0 Å². The molecule has 0 amide bonds. The monoisotopic (exact) mass is 298 g/mol. The smallest absolute Gasteiger partial charge is 0 e. The first kappa shape index (κ1) is 8.94. The molecule has 0 aliphatic heterocycles. The molecule has 0 aromatic heterocycles. The third-order valence-electron chi connectivity index (χ3n) is 0. The van der Waals surface area contributed by atoms with E-state index in [1.807, 2.05) is 0 Å². The van der Waals surface area contributed by atoms with Crippen molar-refractivity contribution in [1.29, 1.82) is 5.16 Å². The summed E-state index contributed by atoms with van der Waals surface area (Å²) in [4.78, 5) is 0. The zero-order valence-corrected chi connectivity index (χ0v) is 7.21. The minimum atomic E-state index is 0. The van der Waals surface area contributed by atoms with Crippen LogP contribution >= 0.6 is 8.37 Å². The summed E-state index contributed by atoms with van der Waals surface area (Å²) in [5.41, 5.74) is 0. The molecule has 0 atom stereocenters. The zero-order valence-electron chi connectivity index (χ0n) is 2.15. The summed E-state index contributed by atoms with van der Waals surface area (Å²) in [6.45, 7) is 3.12. The molecule has 22 valence electrons. The number of hydrogen-bond acceptors (Lipinski definition) is 1. The maximum Gasteiger partial charge on any atom is 0 e. The van der Waals surface area contributed by atoms with E-state index in [9.17, 15) is 0 Å².